The van der Waals surface area contributed by atoms with E-state index in [-0.39, 0.29) is 5.56 Å². The summed E-state index contributed by atoms with van der Waals surface area (Å²) >= 11 is 5.93. The van der Waals surface area contributed by atoms with E-state index in [1.54, 1.807) is 12.1 Å². The first-order chi connectivity index (χ1) is 13.6. The van der Waals surface area contributed by atoms with E-state index in [0.29, 0.717) is 35.5 Å². The van der Waals surface area contributed by atoms with Gasteiger partial charge in [-0.3, -0.25) is 9.89 Å². The summed E-state index contributed by atoms with van der Waals surface area (Å²) in [6, 6.07) is 16.3. The number of hydrogen-bond acceptors (Lipinski definition) is 5. The highest BCUT2D eigenvalue weighted by molar-refractivity contribution is 6.30. The molecule has 0 saturated heterocycles. The minimum atomic E-state index is -0.229. The molecule has 0 unspecified atom stereocenters. The molecule has 142 valence electrons. The standard InChI is InChI=1S/C20H18ClN5O2/c1-2-28-17-6-4-3-5-16(17)22-12-15-11-18(27)26-20(23-15)24-19(25-26)13-7-9-14(21)10-8-13/h3-11,22H,2,12H2,1H3,(H,23,24,25). The van der Waals surface area contributed by atoms with E-state index in [9.17, 15) is 4.79 Å². The number of ether oxygens (including phenoxy) is 1. The fourth-order valence-electron chi connectivity index (χ4n) is 2.83. The molecule has 4 rings (SSSR count). The van der Waals surface area contributed by atoms with E-state index >= 15 is 0 Å². The van der Waals surface area contributed by atoms with Gasteiger partial charge in [-0.2, -0.15) is 9.50 Å². The molecule has 0 atom stereocenters. The number of nitrogens with zero attached hydrogens (tertiary/aromatic N) is 3. The van der Waals surface area contributed by atoms with Gasteiger partial charge in [-0.15, -0.1) is 0 Å². The number of H-pyrrole nitrogens is 1. The fourth-order valence-corrected chi connectivity index (χ4v) is 2.96. The molecule has 2 N–H and O–H groups in total. The summed E-state index contributed by atoms with van der Waals surface area (Å²) in [5.41, 5.74) is 2.02. The first-order valence-electron chi connectivity index (χ1n) is 8.84. The molecule has 0 aliphatic heterocycles. The van der Waals surface area contributed by atoms with Crippen LogP contribution >= 0.6 is 11.6 Å². The van der Waals surface area contributed by atoms with Gasteiger partial charge in [-0.1, -0.05) is 23.7 Å². The Morgan fingerprint density at radius 2 is 1.93 bits per heavy atom. The summed E-state index contributed by atoms with van der Waals surface area (Å²) in [6.45, 7) is 2.88. The number of benzene rings is 2. The molecular weight excluding hydrogens is 378 g/mol. The molecule has 2 aromatic carbocycles. The van der Waals surface area contributed by atoms with E-state index in [0.717, 1.165) is 17.0 Å². The van der Waals surface area contributed by atoms with Gasteiger partial charge < -0.3 is 10.1 Å². The van der Waals surface area contributed by atoms with Gasteiger partial charge in [0, 0.05) is 16.7 Å². The number of para-hydroxylation sites is 2. The topological polar surface area (TPSA) is 84.3 Å². The zero-order chi connectivity index (χ0) is 19.5. The smallest absolute Gasteiger partial charge is 0.274 e. The van der Waals surface area contributed by atoms with Gasteiger partial charge in [0.05, 0.1) is 24.5 Å². The Morgan fingerprint density at radius 3 is 2.71 bits per heavy atom. The third-order valence-corrected chi connectivity index (χ3v) is 4.40. The van der Waals surface area contributed by atoms with E-state index in [1.165, 1.54) is 10.6 Å². The molecule has 4 aromatic rings. The van der Waals surface area contributed by atoms with E-state index in [1.807, 2.05) is 43.3 Å². The number of anilines is 1. The number of halogens is 1. The summed E-state index contributed by atoms with van der Waals surface area (Å²) < 4.78 is 6.93. The normalized spacial score (nSPS) is 10.9. The van der Waals surface area contributed by atoms with Crippen molar-refractivity contribution >= 4 is 23.1 Å². The maximum Gasteiger partial charge on any atom is 0.274 e. The average molecular weight is 396 g/mol. The van der Waals surface area contributed by atoms with Crippen molar-refractivity contribution in [2.75, 3.05) is 11.9 Å². The molecule has 0 aliphatic carbocycles. The van der Waals surface area contributed by atoms with Crippen LogP contribution in [0.1, 0.15) is 12.6 Å². The number of rotatable bonds is 6. The Balaban J connectivity index is 1.61. The zero-order valence-corrected chi connectivity index (χ0v) is 15.9. The van der Waals surface area contributed by atoms with Crippen LogP contribution in [0.15, 0.2) is 59.4 Å². The first-order valence-corrected chi connectivity index (χ1v) is 9.22. The van der Waals surface area contributed by atoms with Crippen LogP contribution in [0.2, 0.25) is 5.02 Å². The van der Waals surface area contributed by atoms with Gasteiger partial charge in [0.15, 0.2) is 5.82 Å². The molecule has 0 saturated carbocycles. The van der Waals surface area contributed by atoms with Gasteiger partial charge >= 0.3 is 0 Å². The lowest BCUT2D eigenvalue weighted by molar-refractivity contribution is 0.341. The van der Waals surface area contributed by atoms with Crippen LogP contribution in [0, 0.1) is 0 Å². The van der Waals surface area contributed by atoms with Crippen molar-refractivity contribution in [3.05, 3.63) is 75.7 Å². The summed E-state index contributed by atoms with van der Waals surface area (Å²) in [6.07, 6.45) is 0. The second-order valence-corrected chi connectivity index (χ2v) is 6.52. The van der Waals surface area contributed by atoms with Crippen LogP contribution in [0.4, 0.5) is 5.69 Å². The summed E-state index contributed by atoms with van der Waals surface area (Å²) in [5, 5.41) is 6.87. The van der Waals surface area contributed by atoms with Crippen LogP contribution in [0.25, 0.3) is 17.2 Å². The van der Waals surface area contributed by atoms with Gasteiger partial charge in [-0.05, 0) is 43.3 Å². The molecular formula is C20H18ClN5O2. The van der Waals surface area contributed by atoms with Crippen molar-refractivity contribution < 1.29 is 4.74 Å². The number of hydrogen-bond donors (Lipinski definition) is 2. The van der Waals surface area contributed by atoms with E-state index in [2.05, 4.69) is 20.4 Å². The van der Waals surface area contributed by atoms with Crippen LogP contribution in [-0.2, 0) is 6.54 Å². The van der Waals surface area contributed by atoms with E-state index in [4.69, 9.17) is 16.3 Å². The van der Waals surface area contributed by atoms with Crippen molar-refractivity contribution in [1.29, 1.82) is 0 Å². The Labute approximate surface area is 166 Å². The molecule has 8 heteroatoms. The molecule has 0 radical (unpaired) electrons. The predicted molar refractivity (Wildman–Crippen MR) is 109 cm³/mol. The highest BCUT2D eigenvalue weighted by Gasteiger charge is 2.10. The minimum absolute atomic E-state index is 0.229. The number of aromatic amines is 1. The molecule has 0 bridgehead atoms. The predicted octanol–water partition coefficient (Wildman–Crippen LogP) is 3.75. The maximum atomic E-state index is 12.5. The maximum absolute atomic E-state index is 12.5. The minimum Gasteiger partial charge on any atom is -0.492 e. The number of fused-ring (bicyclic) bond motifs is 1. The summed E-state index contributed by atoms with van der Waals surface area (Å²) in [5.74, 6) is 1.62. The lowest BCUT2D eigenvalue weighted by atomic mass is 10.2. The van der Waals surface area contributed by atoms with Crippen molar-refractivity contribution in [2.45, 2.75) is 13.5 Å². The Kier molecular flexibility index (Phi) is 4.99. The molecule has 28 heavy (non-hydrogen) atoms. The third-order valence-electron chi connectivity index (χ3n) is 4.15. The third kappa shape index (κ3) is 3.70. The highest BCUT2D eigenvalue weighted by atomic mass is 35.5. The van der Waals surface area contributed by atoms with Crippen molar-refractivity contribution in [3.8, 4) is 17.1 Å². The van der Waals surface area contributed by atoms with Crippen LogP contribution in [-0.4, -0.2) is 26.2 Å². The molecule has 0 fully saturated rings. The van der Waals surface area contributed by atoms with Gasteiger partial charge in [0.2, 0.25) is 0 Å². The molecule has 0 amide bonds. The van der Waals surface area contributed by atoms with Crippen LogP contribution < -0.4 is 15.6 Å². The summed E-state index contributed by atoms with van der Waals surface area (Å²) in [4.78, 5) is 21.4. The van der Waals surface area contributed by atoms with Gasteiger partial charge in [0.25, 0.3) is 11.3 Å². The second-order valence-electron chi connectivity index (χ2n) is 6.08. The summed E-state index contributed by atoms with van der Waals surface area (Å²) in [7, 11) is 0. The second kappa shape index (κ2) is 7.74. The Morgan fingerprint density at radius 1 is 1.14 bits per heavy atom. The van der Waals surface area contributed by atoms with Crippen molar-refractivity contribution in [2.24, 2.45) is 0 Å². The lowest BCUT2D eigenvalue weighted by Gasteiger charge is -2.11. The van der Waals surface area contributed by atoms with Crippen molar-refractivity contribution in [3.63, 3.8) is 0 Å². The molecule has 0 spiro atoms. The largest absolute Gasteiger partial charge is 0.492 e. The zero-order valence-electron chi connectivity index (χ0n) is 15.1. The number of aromatic nitrogens is 4. The molecule has 0 aliphatic rings. The highest BCUT2D eigenvalue weighted by Crippen LogP contribution is 2.24. The Hall–Kier alpha value is -3.32. The van der Waals surface area contributed by atoms with Crippen LogP contribution in [0.3, 0.4) is 0 Å². The quantitative estimate of drug-likeness (QED) is 0.519. The lowest BCUT2D eigenvalue weighted by Crippen LogP contribution is -2.17. The average Bonchev–Trinajstić information content (AvgIpc) is 3.13. The fraction of sp³-hybridized carbons (Fsp3) is 0.150. The SMILES string of the molecule is CCOc1ccccc1NCc1cc(=O)n2[nH]c(-c3ccc(Cl)cc3)nc2n1. The van der Waals surface area contributed by atoms with Crippen LogP contribution in [0.5, 0.6) is 5.75 Å². The number of nitrogens with one attached hydrogen (secondary N) is 2. The van der Waals surface area contributed by atoms with Gasteiger partial charge in [-0.25, -0.2) is 4.98 Å². The molecule has 7 nitrogen and oxygen atoms in total. The van der Waals surface area contributed by atoms with Crippen molar-refractivity contribution in [1.82, 2.24) is 19.6 Å². The molecule has 2 aromatic heterocycles. The first kappa shape index (κ1) is 18.1. The van der Waals surface area contributed by atoms with Gasteiger partial charge in [0.1, 0.15) is 5.75 Å². The Bertz CT molecular complexity index is 1170. The monoisotopic (exact) mass is 395 g/mol. The van der Waals surface area contributed by atoms with E-state index < -0.39 is 0 Å². The molecule has 2 heterocycles.